The SMILES string of the molecule is O=C1[C@@H]2[C@H](C(=O)N1c1c(F)c(F)c(F)c(F)c1F)[C@H]1C=C[C@@H]2C1. The first-order chi connectivity index (χ1) is 10.8. The van der Waals surface area contributed by atoms with Crippen molar-refractivity contribution in [2.75, 3.05) is 4.90 Å². The summed E-state index contributed by atoms with van der Waals surface area (Å²) in [7, 11) is 0. The third kappa shape index (κ3) is 1.58. The van der Waals surface area contributed by atoms with E-state index >= 15 is 0 Å². The molecular weight excluding hydrogens is 321 g/mol. The van der Waals surface area contributed by atoms with E-state index in [0.717, 1.165) is 0 Å². The summed E-state index contributed by atoms with van der Waals surface area (Å²) in [5, 5.41) is 0. The smallest absolute Gasteiger partial charge is 0.238 e. The van der Waals surface area contributed by atoms with Crippen molar-refractivity contribution >= 4 is 17.5 Å². The standard InChI is InChI=1S/C15H8F5NO2/c16-8-9(17)11(19)13(12(20)10(8)18)21-14(22)6-4-1-2-5(3-4)7(6)15(21)23/h1-2,4-7H,3H2/t4-,5+,6+,7-. The molecule has 0 spiro atoms. The predicted octanol–water partition coefficient (Wildman–Crippen LogP) is 2.69. The zero-order chi connectivity index (χ0) is 16.6. The van der Waals surface area contributed by atoms with Crippen molar-refractivity contribution in [3.63, 3.8) is 0 Å². The van der Waals surface area contributed by atoms with Crippen molar-refractivity contribution in [1.82, 2.24) is 0 Å². The van der Waals surface area contributed by atoms with E-state index < -0.39 is 58.4 Å². The first kappa shape index (κ1) is 14.3. The van der Waals surface area contributed by atoms with Crippen molar-refractivity contribution in [2.45, 2.75) is 6.42 Å². The molecule has 0 radical (unpaired) electrons. The monoisotopic (exact) mass is 329 g/mol. The Morgan fingerprint density at radius 2 is 1.13 bits per heavy atom. The van der Waals surface area contributed by atoms with E-state index in [1.807, 2.05) is 0 Å². The Hall–Kier alpha value is -2.25. The summed E-state index contributed by atoms with van der Waals surface area (Å²) in [6.45, 7) is 0. The lowest BCUT2D eigenvalue weighted by molar-refractivity contribution is -0.123. The topological polar surface area (TPSA) is 37.4 Å². The van der Waals surface area contributed by atoms with Crippen LogP contribution in [0.4, 0.5) is 27.6 Å². The molecule has 2 aliphatic carbocycles. The van der Waals surface area contributed by atoms with Crippen molar-refractivity contribution in [2.24, 2.45) is 23.7 Å². The fourth-order valence-electron chi connectivity index (χ4n) is 3.91. The highest BCUT2D eigenvalue weighted by atomic mass is 19.2. The van der Waals surface area contributed by atoms with Gasteiger partial charge in [0.1, 0.15) is 5.69 Å². The second-order valence-corrected chi connectivity index (χ2v) is 5.93. The number of rotatable bonds is 1. The number of halogens is 5. The number of allylic oxidation sites excluding steroid dienone is 2. The van der Waals surface area contributed by atoms with E-state index in [1.54, 1.807) is 12.2 Å². The highest BCUT2D eigenvalue weighted by Gasteiger charge is 2.60. The molecule has 2 amide bonds. The summed E-state index contributed by atoms with van der Waals surface area (Å²) >= 11 is 0. The predicted molar refractivity (Wildman–Crippen MR) is 66.4 cm³/mol. The summed E-state index contributed by atoms with van der Waals surface area (Å²) in [6.07, 6.45) is 4.08. The maximum Gasteiger partial charge on any atom is 0.238 e. The molecule has 23 heavy (non-hydrogen) atoms. The number of imide groups is 1. The molecule has 0 unspecified atom stereocenters. The average molecular weight is 329 g/mol. The van der Waals surface area contributed by atoms with Gasteiger partial charge < -0.3 is 0 Å². The van der Waals surface area contributed by atoms with Crippen LogP contribution in [0.5, 0.6) is 0 Å². The quantitative estimate of drug-likeness (QED) is 0.261. The minimum Gasteiger partial charge on any atom is -0.274 e. The van der Waals surface area contributed by atoms with E-state index in [1.165, 1.54) is 0 Å². The van der Waals surface area contributed by atoms with E-state index in [-0.39, 0.29) is 16.7 Å². The minimum atomic E-state index is -2.33. The van der Waals surface area contributed by atoms with Crippen LogP contribution in [-0.2, 0) is 9.59 Å². The zero-order valence-corrected chi connectivity index (χ0v) is 11.3. The lowest BCUT2D eigenvalue weighted by atomic mass is 9.85. The van der Waals surface area contributed by atoms with Crippen molar-refractivity contribution in [3.05, 3.63) is 41.2 Å². The Morgan fingerprint density at radius 1 is 0.739 bits per heavy atom. The molecule has 4 rings (SSSR count). The molecular formula is C15H8F5NO2. The third-order valence-electron chi connectivity index (χ3n) is 4.88. The first-order valence-electron chi connectivity index (χ1n) is 6.92. The lowest BCUT2D eigenvalue weighted by Crippen LogP contribution is -2.35. The summed E-state index contributed by atoms with van der Waals surface area (Å²) in [6, 6.07) is 0. The molecule has 3 nitrogen and oxygen atoms in total. The molecule has 4 atom stereocenters. The van der Waals surface area contributed by atoms with Gasteiger partial charge in [-0.25, -0.2) is 26.9 Å². The van der Waals surface area contributed by atoms with Gasteiger partial charge in [0.05, 0.1) is 11.8 Å². The maximum atomic E-state index is 13.9. The van der Waals surface area contributed by atoms with Crippen LogP contribution in [0, 0.1) is 52.8 Å². The van der Waals surface area contributed by atoms with Crippen molar-refractivity contribution in [1.29, 1.82) is 0 Å². The number of hydrogen-bond acceptors (Lipinski definition) is 2. The fraction of sp³-hybridized carbons (Fsp3) is 0.333. The number of nitrogens with zero attached hydrogens (tertiary/aromatic N) is 1. The number of carbonyl (C=O) groups is 2. The van der Waals surface area contributed by atoms with Crippen LogP contribution >= 0.6 is 0 Å². The minimum absolute atomic E-state index is 0.123. The zero-order valence-electron chi connectivity index (χ0n) is 11.3. The Morgan fingerprint density at radius 3 is 1.57 bits per heavy atom. The van der Waals surface area contributed by atoms with Crippen LogP contribution in [0.15, 0.2) is 12.2 Å². The molecule has 0 aromatic heterocycles. The molecule has 1 saturated heterocycles. The summed E-state index contributed by atoms with van der Waals surface area (Å²) in [5.74, 6) is -15.0. The molecule has 8 heteroatoms. The van der Waals surface area contributed by atoms with Gasteiger partial charge in [-0.3, -0.25) is 9.59 Å². The Kier molecular flexibility index (Phi) is 2.74. The highest BCUT2D eigenvalue weighted by molar-refractivity contribution is 6.23. The van der Waals surface area contributed by atoms with Crippen LogP contribution in [0.2, 0.25) is 0 Å². The molecule has 1 aliphatic heterocycles. The largest absolute Gasteiger partial charge is 0.274 e. The van der Waals surface area contributed by atoms with Crippen LogP contribution in [0.1, 0.15) is 6.42 Å². The fourth-order valence-corrected chi connectivity index (χ4v) is 3.91. The lowest BCUT2D eigenvalue weighted by Gasteiger charge is -2.19. The van der Waals surface area contributed by atoms with Crippen LogP contribution in [0.25, 0.3) is 0 Å². The Bertz CT molecular complexity index is 747. The maximum absolute atomic E-state index is 13.9. The molecule has 1 aromatic rings. The van der Waals surface area contributed by atoms with Crippen LogP contribution < -0.4 is 4.90 Å². The van der Waals surface area contributed by atoms with Gasteiger partial charge in [0.15, 0.2) is 23.3 Å². The number of amides is 2. The van der Waals surface area contributed by atoms with E-state index in [9.17, 15) is 31.5 Å². The molecule has 120 valence electrons. The van der Waals surface area contributed by atoms with Gasteiger partial charge >= 0.3 is 0 Å². The first-order valence-corrected chi connectivity index (χ1v) is 6.92. The van der Waals surface area contributed by atoms with Gasteiger partial charge in [-0.2, -0.15) is 0 Å². The molecule has 3 aliphatic rings. The molecule has 2 bridgehead atoms. The number of carbonyl (C=O) groups excluding carboxylic acids is 2. The number of benzene rings is 1. The van der Waals surface area contributed by atoms with Gasteiger partial charge in [-0.1, -0.05) is 12.2 Å². The number of anilines is 1. The molecule has 1 heterocycles. The normalized spacial score (nSPS) is 31.4. The van der Waals surface area contributed by atoms with Gasteiger partial charge in [0.25, 0.3) is 0 Å². The number of hydrogen-bond donors (Lipinski definition) is 0. The summed E-state index contributed by atoms with van der Waals surface area (Å²) in [5.41, 5.74) is -1.48. The molecule has 0 N–H and O–H groups in total. The van der Waals surface area contributed by atoms with Crippen molar-refractivity contribution < 1.29 is 31.5 Å². The third-order valence-corrected chi connectivity index (χ3v) is 4.88. The van der Waals surface area contributed by atoms with Crippen LogP contribution in [-0.4, -0.2) is 11.8 Å². The van der Waals surface area contributed by atoms with E-state index in [2.05, 4.69) is 0 Å². The molecule has 2 fully saturated rings. The van der Waals surface area contributed by atoms with E-state index in [0.29, 0.717) is 6.42 Å². The van der Waals surface area contributed by atoms with Gasteiger partial charge in [-0.05, 0) is 18.3 Å². The van der Waals surface area contributed by atoms with Gasteiger partial charge in [0.2, 0.25) is 17.6 Å². The van der Waals surface area contributed by atoms with Crippen LogP contribution in [0.3, 0.4) is 0 Å². The molecule has 1 aromatic carbocycles. The second-order valence-electron chi connectivity index (χ2n) is 5.93. The Balaban J connectivity index is 1.88. The second kappa shape index (κ2) is 4.39. The van der Waals surface area contributed by atoms with E-state index in [4.69, 9.17) is 0 Å². The van der Waals surface area contributed by atoms with Gasteiger partial charge in [0, 0.05) is 0 Å². The highest BCUT2D eigenvalue weighted by Crippen LogP contribution is 2.53. The Labute approximate surface area is 126 Å². The molecule has 1 saturated carbocycles. The van der Waals surface area contributed by atoms with Crippen molar-refractivity contribution in [3.8, 4) is 0 Å². The average Bonchev–Trinajstić information content (AvgIpc) is 3.20. The number of fused-ring (bicyclic) bond motifs is 5. The van der Waals surface area contributed by atoms with Gasteiger partial charge in [-0.15, -0.1) is 0 Å². The summed E-state index contributed by atoms with van der Waals surface area (Å²) in [4.78, 5) is 24.9. The summed E-state index contributed by atoms with van der Waals surface area (Å²) < 4.78 is 67.6.